The monoisotopic (exact) mass is 249 g/mol. The van der Waals surface area contributed by atoms with E-state index in [2.05, 4.69) is 0 Å². The zero-order valence-corrected chi connectivity index (χ0v) is 9.87. The molecule has 0 atom stereocenters. The van der Waals surface area contributed by atoms with Gasteiger partial charge in [-0.3, -0.25) is 9.59 Å². The molecule has 0 aromatic rings. The van der Waals surface area contributed by atoms with E-state index in [1.807, 2.05) is 0 Å². The Balaban J connectivity index is 2.25. The molecule has 0 radical (unpaired) electrons. The highest BCUT2D eigenvalue weighted by atomic mass is 32.2. The van der Waals surface area contributed by atoms with E-state index in [0.717, 1.165) is 6.26 Å². The summed E-state index contributed by atoms with van der Waals surface area (Å²) in [5, 5.41) is 8.50. The third-order valence-corrected chi connectivity index (χ3v) is 3.41. The molecular weight excluding hydrogens is 234 g/mol. The van der Waals surface area contributed by atoms with Gasteiger partial charge in [0.15, 0.2) is 0 Å². The van der Waals surface area contributed by atoms with E-state index in [4.69, 9.17) is 5.11 Å². The van der Waals surface area contributed by atoms with Gasteiger partial charge in [-0.2, -0.15) is 0 Å². The summed E-state index contributed by atoms with van der Waals surface area (Å²) in [7, 11) is -3.11. The summed E-state index contributed by atoms with van der Waals surface area (Å²) in [6, 6.07) is 0. The van der Waals surface area contributed by atoms with Crippen LogP contribution in [0.4, 0.5) is 0 Å². The van der Waals surface area contributed by atoms with Crippen LogP contribution in [0.25, 0.3) is 0 Å². The summed E-state index contributed by atoms with van der Waals surface area (Å²) in [6.07, 6.45) is 1.14. The van der Waals surface area contributed by atoms with Crippen LogP contribution in [0.2, 0.25) is 0 Å². The number of carbonyl (C=O) groups is 2. The van der Waals surface area contributed by atoms with E-state index in [1.54, 1.807) is 0 Å². The first-order valence-corrected chi connectivity index (χ1v) is 7.01. The highest BCUT2D eigenvalue weighted by Gasteiger charge is 2.31. The number of carboxylic acid groups (broad SMARTS) is 1. The number of nitrogens with zero attached hydrogens (tertiary/aromatic N) is 1. The van der Waals surface area contributed by atoms with Gasteiger partial charge in [0.05, 0.1) is 12.2 Å². The van der Waals surface area contributed by atoms with Crippen LogP contribution < -0.4 is 0 Å². The molecule has 6 nitrogen and oxygen atoms in total. The van der Waals surface area contributed by atoms with Crippen molar-refractivity contribution in [3.63, 3.8) is 0 Å². The third kappa shape index (κ3) is 4.18. The van der Waals surface area contributed by atoms with Crippen LogP contribution in [0.15, 0.2) is 0 Å². The molecule has 0 spiro atoms. The molecule has 0 aromatic heterocycles. The Hall–Kier alpha value is -1.11. The topological polar surface area (TPSA) is 91.8 Å². The molecule has 7 heteroatoms. The lowest BCUT2D eigenvalue weighted by molar-refractivity contribution is -0.144. The largest absolute Gasteiger partial charge is 0.481 e. The fourth-order valence-corrected chi connectivity index (χ4v) is 2.13. The Morgan fingerprint density at radius 1 is 1.38 bits per heavy atom. The molecule has 0 saturated carbocycles. The molecule has 1 aliphatic heterocycles. The van der Waals surface area contributed by atoms with Crippen molar-refractivity contribution in [1.29, 1.82) is 0 Å². The Bertz CT molecular complexity index is 383. The van der Waals surface area contributed by atoms with Gasteiger partial charge in [0, 0.05) is 31.7 Å². The van der Waals surface area contributed by atoms with Gasteiger partial charge in [-0.15, -0.1) is 0 Å². The van der Waals surface area contributed by atoms with Crippen LogP contribution in [0.1, 0.15) is 12.8 Å². The highest BCUT2D eigenvalue weighted by Crippen LogP contribution is 2.19. The van der Waals surface area contributed by atoms with Crippen molar-refractivity contribution in [2.75, 3.05) is 25.1 Å². The Kier molecular flexibility index (Phi) is 3.90. The van der Waals surface area contributed by atoms with E-state index in [9.17, 15) is 18.0 Å². The number of carboxylic acids is 1. The summed E-state index contributed by atoms with van der Waals surface area (Å²) in [5.74, 6) is -1.22. The van der Waals surface area contributed by atoms with Crippen LogP contribution >= 0.6 is 0 Å². The summed E-state index contributed by atoms with van der Waals surface area (Å²) in [6.45, 7) is 0.851. The van der Waals surface area contributed by atoms with Gasteiger partial charge < -0.3 is 10.0 Å². The minimum Gasteiger partial charge on any atom is -0.481 e. The Morgan fingerprint density at radius 3 is 2.38 bits per heavy atom. The number of hydrogen-bond donors (Lipinski definition) is 1. The SMILES string of the molecule is CS(=O)(=O)CCC(=O)N1CC(CC(=O)O)C1. The average molecular weight is 249 g/mol. The molecule has 0 aromatic carbocycles. The van der Waals surface area contributed by atoms with E-state index < -0.39 is 15.8 Å². The van der Waals surface area contributed by atoms with Gasteiger partial charge in [-0.05, 0) is 0 Å². The van der Waals surface area contributed by atoms with Crippen LogP contribution in [0, 0.1) is 5.92 Å². The molecule has 0 aliphatic carbocycles. The second-order valence-corrected chi connectivity index (χ2v) is 6.40. The summed E-state index contributed by atoms with van der Waals surface area (Å²) >= 11 is 0. The quantitative estimate of drug-likeness (QED) is 0.699. The van der Waals surface area contributed by atoms with Crippen molar-refractivity contribution in [1.82, 2.24) is 4.90 Å². The number of likely N-dealkylation sites (tertiary alicyclic amines) is 1. The summed E-state index contributed by atoms with van der Waals surface area (Å²) in [4.78, 5) is 23.3. The number of rotatable bonds is 5. The van der Waals surface area contributed by atoms with Gasteiger partial charge >= 0.3 is 5.97 Å². The lowest BCUT2D eigenvalue weighted by Gasteiger charge is -2.38. The highest BCUT2D eigenvalue weighted by molar-refractivity contribution is 7.90. The molecule has 1 amide bonds. The van der Waals surface area contributed by atoms with Crippen molar-refractivity contribution < 1.29 is 23.1 Å². The smallest absolute Gasteiger partial charge is 0.303 e. The maximum Gasteiger partial charge on any atom is 0.303 e. The first-order valence-electron chi connectivity index (χ1n) is 4.95. The lowest BCUT2D eigenvalue weighted by atomic mass is 9.96. The predicted molar refractivity (Wildman–Crippen MR) is 56.7 cm³/mol. The van der Waals surface area contributed by atoms with Crippen LogP contribution in [0.3, 0.4) is 0 Å². The van der Waals surface area contributed by atoms with Gasteiger partial charge in [0.25, 0.3) is 0 Å². The van der Waals surface area contributed by atoms with Crippen molar-refractivity contribution >= 4 is 21.7 Å². The van der Waals surface area contributed by atoms with E-state index >= 15 is 0 Å². The Morgan fingerprint density at radius 2 is 1.94 bits per heavy atom. The lowest BCUT2D eigenvalue weighted by Crippen LogP contribution is -2.50. The molecule has 1 heterocycles. The normalized spacial score (nSPS) is 16.9. The molecule has 1 rings (SSSR count). The van der Waals surface area contributed by atoms with Crippen molar-refractivity contribution in [2.45, 2.75) is 12.8 Å². The second-order valence-electron chi connectivity index (χ2n) is 4.14. The molecule has 92 valence electrons. The van der Waals surface area contributed by atoms with Crippen molar-refractivity contribution in [2.24, 2.45) is 5.92 Å². The fourth-order valence-electron chi connectivity index (χ4n) is 1.58. The maximum atomic E-state index is 11.4. The fraction of sp³-hybridized carbons (Fsp3) is 0.778. The average Bonchev–Trinajstić information content (AvgIpc) is 2.05. The van der Waals surface area contributed by atoms with Crippen molar-refractivity contribution in [3.8, 4) is 0 Å². The van der Waals surface area contributed by atoms with Gasteiger partial charge in [-0.25, -0.2) is 8.42 Å². The van der Waals surface area contributed by atoms with E-state index in [1.165, 1.54) is 4.90 Å². The molecule has 1 fully saturated rings. The first kappa shape index (κ1) is 13.0. The zero-order valence-electron chi connectivity index (χ0n) is 9.05. The number of amides is 1. The van der Waals surface area contributed by atoms with Crippen LogP contribution in [-0.2, 0) is 19.4 Å². The molecule has 16 heavy (non-hydrogen) atoms. The first-order chi connectivity index (χ1) is 7.28. The Labute approximate surface area is 94.2 Å². The molecule has 0 bridgehead atoms. The molecule has 1 aliphatic rings. The van der Waals surface area contributed by atoms with Crippen LogP contribution in [-0.4, -0.2) is 55.4 Å². The summed E-state index contributed by atoms with van der Waals surface area (Å²) < 4.78 is 21.7. The number of carbonyl (C=O) groups excluding carboxylic acids is 1. The molecule has 1 saturated heterocycles. The maximum absolute atomic E-state index is 11.4. The van der Waals surface area contributed by atoms with Gasteiger partial charge in [-0.1, -0.05) is 0 Å². The molecule has 1 N–H and O–H groups in total. The third-order valence-electron chi connectivity index (χ3n) is 2.46. The number of aliphatic carboxylic acids is 1. The second kappa shape index (κ2) is 4.82. The predicted octanol–water partition coefficient (Wildman–Crippen LogP) is -0.646. The van der Waals surface area contributed by atoms with Crippen molar-refractivity contribution in [3.05, 3.63) is 0 Å². The summed E-state index contributed by atoms with van der Waals surface area (Å²) in [5.41, 5.74) is 0. The van der Waals surface area contributed by atoms with E-state index in [-0.39, 0.29) is 30.4 Å². The minimum absolute atomic E-state index is 0.0136. The number of hydrogen-bond acceptors (Lipinski definition) is 4. The van der Waals surface area contributed by atoms with E-state index in [0.29, 0.717) is 13.1 Å². The number of sulfone groups is 1. The van der Waals surface area contributed by atoms with Gasteiger partial charge in [0.2, 0.25) is 5.91 Å². The zero-order chi connectivity index (χ0) is 12.3. The van der Waals surface area contributed by atoms with Gasteiger partial charge in [0.1, 0.15) is 9.84 Å². The minimum atomic E-state index is -3.11. The van der Waals surface area contributed by atoms with Crippen LogP contribution in [0.5, 0.6) is 0 Å². The molecular formula is C9H15NO5S. The standard InChI is InChI=1S/C9H15NO5S/c1-16(14,15)3-2-8(11)10-5-7(6-10)4-9(12)13/h7H,2-6H2,1H3,(H,12,13). The molecule has 0 unspecified atom stereocenters.